The predicted octanol–water partition coefficient (Wildman–Crippen LogP) is 5.34. The Morgan fingerprint density at radius 2 is 1.68 bits per heavy atom. The van der Waals surface area contributed by atoms with Crippen molar-refractivity contribution in [2.75, 3.05) is 0 Å². The molecule has 1 N–H and O–H groups in total. The number of rotatable bonds is 0. The summed E-state index contributed by atoms with van der Waals surface area (Å²) < 4.78 is 0. The molecule has 22 heavy (non-hydrogen) atoms. The minimum Gasteiger partial charge on any atom is -0.393 e. The van der Waals surface area contributed by atoms with Crippen molar-refractivity contribution in [1.82, 2.24) is 0 Å². The Hall–Kier alpha value is -0.300. The van der Waals surface area contributed by atoms with Crippen LogP contribution in [0.15, 0.2) is 11.6 Å². The van der Waals surface area contributed by atoms with E-state index in [9.17, 15) is 5.11 Å². The van der Waals surface area contributed by atoms with Gasteiger partial charge in [0, 0.05) is 0 Å². The van der Waals surface area contributed by atoms with E-state index in [1.807, 2.05) is 0 Å². The highest BCUT2D eigenvalue weighted by Crippen LogP contribution is 2.69. The molecule has 3 saturated carbocycles. The van der Waals surface area contributed by atoms with Crippen molar-refractivity contribution in [3.8, 4) is 0 Å². The molecule has 0 bridgehead atoms. The van der Waals surface area contributed by atoms with E-state index in [0.717, 1.165) is 30.6 Å². The molecule has 0 aromatic rings. The zero-order valence-electron chi connectivity index (χ0n) is 15.0. The molecule has 3 fully saturated rings. The molecule has 0 saturated heterocycles. The van der Waals surface area contributed by atoms with Crippen LogP contribution in [0.1, 0.15) is 79.1 Å². The maximum absolute atomic E-state index is 10.1. The second kappa shape index (κ2) is 4.62. The highest BCUT2D eigenvalue weighted by atomic mass is 16.3. The van der Waals surface area contributed by atoms with Crippen molar-refractivity contribution in [2.45, 2.75) is 85.2 Å². The Labute approximate surface area is 136 Å². The molecule has 6 atom stereocenters. The molecular weight excluding hydrogens is 268 g/mol. The van der Waals surface area contributed by atoms with Gasteiger partial charge in [-0.15, -0.1) is 0 Å². The molecule has 1 nitrogen and oxygen atoms in total. The van der Waals surface area contributed by atoms with E-state index in [0.29, 0.717) is 16.2 Å². The molecule has 0 aliphatic heterocycles. The smallest absolute Gasteiger partial charge is 0.0577 e. The Morgan fingerprint density at radius 3 is 2.45 bits per heavy atom. The van der Waals surface area contributed by atoms with E-state index in [4.69, 9.17) is 0 Å². The van der Waals surface area contributed by atoms with Gasteiger partial charge >= 0.3 is 0 Å². The van der Waals surface area contributed by atoms with Crippen molar-refractivity contribution in [3.63, 3.8) is 0 Å². The SMILES string of the molecule is CC1(C)CCC2C3CC=C4C[C@@H](O)CC[C@]4(C)C3CC[C@@]21C. The highest BCUT2D eigenvalue weighted by molar-refractivity contribution is 5.25. The molecule has 0 aromatic heterocycles. The third-order valence-corrected chi connectivity index (χ3v) is 9.09. The maximum atomic E-state index is 10.1. The Morgan fingerprint density at radius 1 is 0.955 bits per heavy atom. The highest BCUT2D eigenvalue weighted by Gasteiger charge is 2.60. The van der Waals surface area contributed by atoms with E-state index in [1.54, 1.807) is 5.57 Å². The monoisotopic (exact) mass is 302 g/mol. The van der Waals surface area contributed by atoms with E-state index in [2.05, 4.69) is 33.8 Å². The second-order valence-electron chi connectivity index (χ2n) is 10.0. The molecular formula is C21H34O. The number of aliphatic hydroxyl groups excluding tert-OH is 1. The van der Waals surface area contributed by atoms with E-state index < -0.39 is 0 Å². The van der Waals surface area contributed by atoms with Gasteiger partial charge < -0.3 is 5.11 Å². The molecule has 0 spiro atoms. The number of allylic oxidation sites excluding steroid dienone is 1. The molecule has 0 aromatic carbocycles. The first-order valence-electron chi connectivity index (χ1n) is 9.65. The van der Waals surface area contributed by atoms with E-state index in [-0.39, 0.29) is 6.10 Å². The summed E-state index contributed by atoms with van der Waals surface area (Å²) in [4.78, 5) is 0. The molecule has 124 valence electrons. The van der Waals surface area contributed by atoms with Gasteiger partial charge in [0.05, 0.1) is 6.10 Å². The van der Waals surface area contributed by atoms with E-state index in [1.165, 1.54) is 38.5 Å². The van der Waals surface area contributed by atoms with E-state index >= 15 is 0 Å². The standard InChI is InChI=1S/C21H34O/c1-19(2)10-8-18-16-6-5-14-13-15(22)7-11-20(14,3)17(16)9-12-21(18,19)4/h5,15-18,22H,6-13H2,1-4H3/t15-,16?,17?,18?,20-,21-/m0/s1. The zero-order valence-corrected chi connectivity index (χ0v) is 15.0. The Bertz CT molecular complexity index is 504. The summed E-state index contributed by atoms with van der Waals surface area (Å²) >= 11 is 0. The molecule has 0 heterocycles. The fourth-order valence-electron chi connectivity index (χ4n) is 7.14. The summed E-state index contributed by atoms with van der Waals surface area (Å²) in [6.45, 7) is 10.2. The largest absolute Gasteiger partial charge is 0.393 e. The van der Waals surface area contributed by atoms with Gasteiger partial charge in [-0.3, -0.25) is 0 Å². The van der Waals surface area contributed by atoms with Crippen LogP contribution in [-0.4, -0.2) is 11.2 Å². The number of fused-ring (bicyclic) bond motifs is 5. The molecule has 0 radical (unpaired) electrons. The average Bonchev–Trinajstić information content (AvgIpc) is 2.70. The number of hydrogen-bond acceptors (Lipinski definition) is 1. The van der Waals surface area contributed by atoms with Crippen LogP contribution in [0.4, 0.5) is 0 Å². The molecule has 1 heteroatoms. The first-order valence-corrected chi connectivity index (χ1v) is 9.65. The molecule has 4 rings (SSSR count). The van der Waals surface area contributed by atoms with Crippen LogP contribution in [0.3, 0.4) is 0 Å². The van der Waals surface area contributed by atoms with Gasteiger partial charge in [0.25, 0.3) is 0 Å². The van der Waals surface area contributed by atoms with Crippen LogP contribution >= 0.6 is 0 Å². The van der Waals surface area contributed by atoms with Crippen molar-refractivity contribution >= 4 is 0 Å². The summed E-state index contributed by atoms with van der Waals surface area (Å²) in [5.41, 5.74) is 3.09. The van der Waals surface area contributed by atoms with Crippen molar-refractivity contribution in [3.05, 3.63) is 11.6 Å². The summed E-state index contributed by atoms with van der Waals surface area (Å²) in [5, 5.41) is 10.1. The van der Waals surface area contributed by atoms with Gasteiger partial charge in [0.2, 0.25) is 0 Å². The normalized spacial score (nSPS) is 53.2. The second-order valence-corrected chi connectivity index (χ2v) is 10.0. The van der Waals surface area contributed by atoms with Crippen LogP contribution in [0, 0.1) is 34.0 Å². The Balaban J connectivity index is 1.69. The fourth-order valence-corrected chi connectivity index (χ4v) is 7.14. The van der Waals surface area contributed by atoms with Crippen molar-refractivity contribution in [2.24, 2.45) is 34.0 Å². The number of aliphatic hydroxyl groups is 1. The first kappa shape index (κ1) is 15.2. The van der Waals surface area contributed by atoms with Gasteiger partial charge in [-0.1, -0.05) is 39.3 Å². The molecule has 0 amide bonds. The predicted molar refractivity (Wildman–Crippen MR) is 91.5 cm³/mol. The van der Waals surface area contributed by atoms with Crippen LogP contribution in [0.5, 0.6) is 0 Å². The Kier molecular flexibility index (Phi) is 3.20. The fraction of sp³-hybridized carbons (Fsp3) is 0.905. The minimum atomic E-state index is -0.0739. The summed E-state index contributed by atoms with van der Waals surface area (Å²) in [6, 6.07) is 0. The first-order chi connectivity index (χ1) is 10.3. The maximum Gasteiger partial charge on any atom is 0.0577 e. The minimum absolute atomic E-state index is 0.0739. The molecule has 4 aliphatic carbocycles. The lowest BCUT2D eigenvalue weighted by molar-refractivity contribution is -0.0677. The molecule has 3 unspecified atom stereocenters. The number of hydrogen-bond donors (Lipinski definition) is 1. The van der Waals surface area contributed by atoms with Gasteiger partial charge in [-0.05, 0) is 85.4 Å². The molecule has 4 aliphatic rings. The lowest BCUT2D eigenvalue weighted by Gasteiger charge is -2.59. The van der Waals surface area contributed by atoms with Gasteiger partial charge in [0.1, 0.15) is 0 Å². The van der Waals surface area contributed by atoms with Crippen LogP contribution in [0.25, 0.3) is 0 Å². The van der Waals surface area contributed by atoms with Gasteiger partial charge in [0.15, 0.2) is 0 Å². The summed E-state index contributed by atoms with van der Waals surface area (Å²) in [5.74, 6) is 2.72. The van der Waals surface area contributed by atoms with Crippen molar-refractivity contribution < 1.29 is 5.11 Å². The summed E-state index contributed by atoms with van der Waals surface area (Å²) in [7, 11) is 0. The van der Waals surface area contributed by atoms with Crippen molar-refractivity contribution in [1.29, 1.82) is 0 Å². The third-order valence-electron chi connectivity index (χ3n) is 9.09. The van der Waals surface area contributed by atoms with Crippen LogP contribution in [-0.2, 0) is 0 Å². The lowest BCUT2D eigenvalue weighted by Crippen LogP contribution is -2.51. The third kappa shape index (κ3) is 1.81. The van der Waals surface area contributed by atoms with Gasteiger partial charge in [-0.25, -0.2) is 0 Å². The lowest BCUT2D eigenvalue weighted by atomic mass is 9.46. The topological polar surface area (TPSA) is 20.2 Å². The average molecular weight is 303 g/mol. The zero-order chi connectivity index (χ0) is 15.8. The van der Waals surface area contributed by atoms with Crippen LogP contribution in [0.2, 0.25) is 0 Å². The quantitative estimate of drug-likeness (QED) is 0.599. The van der Waals surface area contributed by atoms with Crippen LogP contribution < -0.4 is 0 Å². The van der Waals surface area contributed by atoms with Gasteiger partial charge in [-0.2, -0.15) is 0 Å². The summed E-state index contributed by atoms with van der Waals surface area (Å²) in [6.07, 6.45) is 12.7.